The van der Waals surface area contributed by atoms with Gasteiger partial charge in [0.2, 0.25) is 5.75 Å². The fraction of sp³-hybridized carbons (Fsp3) is 0.263. The quantitative estimate of drug-likeness (QED) is 0.489. The number of rotatable bonds is 7. The third-order valence-electron chi connectivity index (χ3n) is 4.13. The Labute approximate surface area is 179 Å². The molecule has 0 spiro atoms. The molecule has 0 aliphatic heterocycles. The predicted octanol–water partition coefficient (Wildman–Crippen LogP) is 3.49. The van der Waals surface area contributed by atoms with Crippen LogP contribution in [0, 0.1) is 0 Å². The molecule has 3 aromatic rings. The van der Waals surface area contributed by atoms with Gasteiger partial charge in [-0.05, 0) is 19.1 Å². The van der Waals surface area contributed by atoms with Crippen LogP contribution in [0.3, 0.4) is 0 Å². The van der Waals surface area contributed by atoms with Gasteiger partial charge in [-0.2, -0.15) is 0 Å². The van der Waals surface area contributed by atoms with Crippen LogP contribution < -0.4 is 24.8 Å². The second-order valence-electron chi connectivity index (χ2n) is 5.95. The Morgan fingerprint density at radius 3 is 2.40 bits per heavy atom. The number of thiol groups is 1. The smallest absolute Gasteiger partial charge is 0.332 e. The number of nitrogens with zero attached hydrogens (tertiary/aromatic N) is 4. The van der Waals surface area contributed by atoms with Crippen molar-refractivity contribution in [2.24, 2.45) is 0 Å². The van der Waals surface area contributed by atoms with E-state index in [9.17, 15) is 4.79 Å². The van der Waals surface area contributed by atoms with Crippen LogP contribution in [0.15, 0.2) is 30.5 Å². The van der Waals surface area contributed by atoms with Crippen LogP contribution in [0.1, 0.15) is 6.92 Å². The van der Waals surface area contributed by atoms with Crippen molar-refractivity contribution in [3.05, 3.63) is 30.5 Å². The molecule has 0 unspecified atom stereocenters. The Balaban J connectivity index is 2.06. The molecule has 2 aromatic heterocycles. The average Bonchev–Trinajstić information content (AvgIpc) is 2.77. The summed E-state index contributed by atoms with van der Waals surface area (Å²) in [5.41, 5.74) is 1.55. The molecule has 0 radical (unpaired) electrons. The molecule has 0 aliphatic rings. The van der Waals surface area contributed by atoms with Crippen molar-refractivity contribution < 1.29 is 19.0 Å². The number of ether oxygens (including phenoxy) is 3. The lowest BCUT2D eigenvalue weighted by molar-refractivity contribution is 0.240. The van der Waals surface area contributed by atoms with Gasteiger partial charge in [0.05, 0.1) is 21.3 Å². The van der Waals surface area contributed by atoms with Crippen LogP contribution in [0.4, 0.5) is 22.1 Å². The zero-order valence-corrected chi connectivity index (χ0v) is 17.9. The number of fused-ring (bicyclic) bond motifs is 1. The van der Waals surface area contributed by atoms with Gasteiger partial charge in [-0.3, -0.25) is 9.62 Å². The molecule has 2 N–H and O–H groups in total. The Morgan fingerprint density at radius 1 is 1.10 bits per heavy atom. The highest BCUT2D eigenvalue weighted by Gasteiger charge is 2.18. The van der Waals surface area contributed by atoms with Crippen LogP contribution in [-0.4, -0.2) is 53.2 Å². The third-order valence-corrected chi connectivity index (χ3v) is 4.59. The highest BCUT2D eigenvalue weighted by atomic mass is 32.1. The number of hydrogen-bond acceptors (Lipinski definition) is 9. The van der Waals surface area contributed by atoms with Crippen molar-refractivity contribution in [3.8, 4) is 17.2 Å². The molecule has 1 aromatic carbocycles. The number of benzene rings is 1. The molecule has 3 rings (SSSR count). The van der Waals surface area contributed by atoms with Gasteiger partial charge in [0.15, 0.2) is 28.8 Å². The number of aromatic nitrogens is 3. The van der Waals surface area contributed by atoms with Gasteiger partial charge in [0.1, 0.15) is 5.52 Å². The fourth-order valence-electron chi connectivity index (χ4n) is 2.67. The summed E-state index contributed by atoms with van der Waals surface area (Å²) in [4.78, 5) is 25.5. The molecule has 0 aliphatic carbocycles. The van der Waals surface area contributed by atoms with Crippen LogP contribution in [0.25, 0.3) is 11.2 Å². The van der Waals surface area contributed by atoms with Gasteiger partial charge >= 0.3 is 6.03 Å². The van der Waals surface area contributed by atoms with Gasteiger partial charge in [0, 0.05) is 30.6 Å². The first-order valence-electron chi connectivity index (χ1n) is 8.97. The standard InChI is InChI=1S/C19H22N6O4S/c1-5-25(30)19(26)24-18-17(22-12-7-6-8-20-16(12)23-18)21-11-9-13(27-2)15(29-4)14(10-11)28-3/h6-10,30H,5H2,1-4H3,(H,21,22)(H,20,23,24,26). The summed E-state index contributed by atoms with van der Waals surface area (Å²) in [5, 5.41) is 5.85. The molecule has 0 saturated carbocycles. The molecule has 0 bridgehead atoms. The van der Waals surface area contributed by atoms with Crippen LogP contribution in [0.5, 0.6) is 17.2 Å². The minimum Gasteiger partial charge on any atom is -0.493 e. The minimum atomic E-state index is -0.446. The number of anilines is 3. The lowest BCUT2D eigenvalue weighted by atomic mass is 10.2. The second kappa shape index (κ2) is 9.35. The van der Waals surface area contributed by atoms with E-state index in [1.165, 1.54) is 25.6 Å². The first kappa shape index (κ1) is 21.2. The van der Waals surface area contributed by atoms with E-state index in [1.54, 1.807) is 37.4 Å². The van der Waals surface area contributed by atoms with Crippen molar-refractivity contribution in [2.75, 3.05) is 38.5 Å². The minimum absolute atomic E-state index is 0.201. The van der Waals surface area contributed by atoms with E-state index < -0.39 is 6.03 Å². The zero-order valence-electron chi connectivity index (χ0n) is 17.0. The molecular formula is C19H22N6O4S. The summed E-state index contributed by atoms with van der Waals surface area (Å²) in [7, 11) is 4.58. The Morgan fingerprint density at radius 2 is 1.80 bits per heavy atom. The number of urea groups is 1. The lowest BCUT2D eigenvalue weighted by Gasteiger charge is -2.18. The molecule has 2 amide bonds. The summed E-state index contributed by atoms with van der Waals surface area (Å²) in [6.45, 7) is 2.21. The Bertz CT molecular complexity index is 1040. The maximum absolute atomic E-state index is 12.3. The number of carbonyl (C=O) groups is 1. The molecule has 10 nitrogen and oxygen atoms in total. The maximum atomic E-state index is 12.3. The maximum Gasteiger partial charge on any atom is 0.332 e. The number of pyridine rings is 1. The van der Waals surface area contributed by atoms with Crippen molar-refractivity contribution in [1.29, 1.82) is 0 Å². The number of hydrogen-bond donors (Lipinski definition) is 3. The molecule has 11 heteroatoms. The number of nitrogens with one attached hydrogen (secondary N) is 2. The highest BCUT2D eigenvalue weighted by Crippen LogP contribution is 2.41. The SMILES string of the molecule is CCN(S)C(=O)Nc1nc2ncccc2nc1Nc1cc(OC)c(OC)c(OC)c1. The van der Waals surface area contributed by atoms with Gasteiger partial charge in [0.25, 0.3) is 0 Å². The van der Waals surface area contributed by atoms with E-state index in [1.807, 2.05) is 0 Å². The third kappa shape index (κ3) is 4.40. The summed E-state index contributed by atoms with van der Waals surface area (Å²) >= 11 is 4.13. The first-order valence-corrected chi connectivity index (χ1v) is 9.37. The normalized spacial score (nSPS) is 10.4. The monoisotopic (exact) mass is 430 g/mol. The largest absolute Gasteiger partial charge is 0.493 e. The number of carbonyl (C=O) groups excluding carboxylic acids is 1. The molecule has 0 fully saturated rings. The van der Waals surface area contributed by atoms with Crippen LogP contribution in [-0.2, 0) is 0 Å². The molecule has 158 valence electrons. The average molecular weight is 430 g/mol. The van der Waals surface area contributed by atoms with E-state index in [0.717, 1.165) is 0 Å². The van der Waals surface area contributed by atoms with Crippen LogP contribution in [0.2, 0.25) is 0 Å². The first-order chi connectivity index (χ1) is 14.5. The summed E-state index contributed by atoms with van der Waals surface area (Å²) in [6, 6.07) is 6.53. The van der Waals surface area contributed by atoms with Crippen LogP contribution >= 0.6 is 12.8 Å². The number of amides is 2. The van der Waals surface area contributed by atoms with E-state index >= 15 is 0 Å². The molecule has 0 saturated heterocycles. The fourth-order valence-corrected chi connectivity index (χ4v) is 2.72. The molecule has 0 atom stereocenters. The Kier molecular flexibility index (Phi) is 6.62. The lowest BCUT2D eigenvalue weighted by Crippen LogP contribution is -2.27. The summed E-state index contributed by atoms with van der Waals surface area (Å²) in [6.07, 6.45) is 1.60. The van der Waals surface area contributed by atoms with E-state index in [-0.39, 0.29) is 5.82 Å². The Hall–Kier alpha value is -3.47. The molecule has 30 heavy (non-hydrogen) atoms. The highest BCUT2D eigenvalue weighted by molar-refractivity contribution is 7.78. The topological polar surface area (TPSA) is 111 Å². The van der Waals surface area contributed by atoms with Gasteiger partial charge in [-0.1, -0.05) is 12.8 Å². The van der Waals surface area contributed by atoms with Crippen molar-refractivity contribution in [2.45, 2.75) is 6.92 Å². The van der Waals surface area contributed by atoms with Crippen molar-refractivity contribution >= 4 is 47.3 Å². The van der Waals surface area contributed by atoms with Crippen molar-refractivity contribution in [3.63, 3.8) is 0 Å². The van der Waals surface area contributed by atoms with Gasteiger partial charge < -0.3 is 19.5 Å². The van der Waals surface area contributed by atoms with E-state index in [0.29, 0.717) is 46.5 Å². The van der Waals surface area contributed by atoms with E-state index in [4.69, 9.17) is 14.2 Å². The van der Waals surface area contributed by atoms with Gasteiger partial charge in [-0.25, -0.2) is 19.7 Å². The molecular weight excluding hydrogens is 408 g/mol. The van der Waals surface area contributed by atoms with Crippen molar-refractivity contribution in [1.82, 2.24) is 19.3 Å². The predicted molar refractivity (Wildman–Crippen MR) is 117 cm³/mol. The molecule has 2 heterocycles. The zero-order chi connectivity index (χ0) is 21.7. The second-order valence-corrected chi connectivity index (χ2v) is 6.43. The van der Waals surface area contributed by atoms with Gasteiger partial charge in [-0.15, -0.1) is 0 Å². The summed E-state index contributed by atoms with van der Waals surface area (Å²) in [5.74, 6) is 1.91. The van der Waals surface area contributed by atoms with E-state index in [2.05, 4.69) is 38.4 Å². The number of methoxy groups -OCH3 is 3. The summed E-state index contributed by atoms with van der Waals surface area (Å²) < 4.78 is 17.3.